The normalized spacial score (nSPS) is 16.5. The topological polar surface area (TPSA) is 151 Å². The number of carbonyl (C=O) groups is 1. The second-order valence-electron chi connectivity index (χ2n) is 15.8. The van der Waals surface area contributed by atoms with E-state index in [1.165, 1.54) is 16.7 Å². The molecule has 1 N–H and O–H groups in total. The van der Waals surface area contributed by atoms with Crippen LogP contribution in [0.2, 0.25) is 0 Å². The van der Waals surface area contributed by atoms with E-state index in [4.69, 9.17) is 14.2 Å². The van der Waals surface area contributed by atoms with Crippen LogP contribution >= 0.6 is 0 Å². The van der Waals surface area contributed by atoms with Crippen LogP contribution in [0.5, 0.6) is 11.8 Å². The standard InChI is InChI=1S/C42H53N7O6S/c1-10-32-26-48(56(51,52)36-15-13-12-14-35(36)55-32)25-30-22-29(17-16-27(30)3)37(33-18-19-34-38(28(33)4)46-47-49(34)11-2)42(8,9)39(50)45-31-23-43-40(44-24-31)53-20-21-54-41(5,6)7/h12-19,22-24,32,37H,10-11,20-21,25-26H2,1-9H3,(H,45,50)/t32-,37+/m1/s1. The zero-order valence-electron chi connectivity index (χ0n) is 33.8. The van der Waals surface area contributed by atoms with Gasteiger partial charge in [-0.3, -0.25) is 4.79 Å². The number of carbonyl (C=O) groups excluding carboxylic acids is 1. The number of amides is 1. The third-order valence-corrected chi connectivity index (χ3v) is 12.2. The predicted octanol–water partition coefficient (Wildman–Crippen LogP) is 7.21. The fraction of sp³-hybridized carbons (Fsp3) is 0.452. The molecule has 1 aliphatic heterocycles. The Bertz CT molecular complexity index is 2300. The third kappa shape index (κ3) is 8.57. The first-order valence-corrected chi connectivity index (χ1v) is 20.6. The van der Waals surface area contributed by atoms with Crippen LogP contribution in [0.4, 0.5) is 5.69 Å². The molecule has 0 saturated heterocycles. The summed E-state index contributed by atoms with van der Waals surface area (Å²) in [5.41, 5.74) is 5.17. The summed E-state index contributed by atoms with van der Waals surface area (Å²) >= 11 is 0. The molecule has 2 atom stereocenters. The van der Waals surface area contributed by atoms with Gasteiger partial charge in [0.1, 0.15) is 28.9 Å². The van der Waals surface area contributed by atoms with Crippen molar-refractivity contribution in [2.24, 2.45) is 5.41 Å². The van der Waals surface area contributed by atoms with Gasteiger partial charge < -0.3 is 19.5 Å². The number of aromatic nitrogens is 5. The van der Waals surface area contributed by atoms with Crippen molar-refractivity contribution in [3.05, 3.63) is 94.8 Å². The molecule has 0 unspecified atom stereocenters. The lowest BCUT2D eigenvalue weighted by Gasteiger charge is -2.35. The number of nitrogens with zero attached hydrogens (tertiary/aromatic N) is 6. The van der Waals surface area contributed by atoms with Gasteiger partial charge in [0.2, 0.25) is 15.9 Å². The van der Waals surface area contributed by atoms with Crippen LogP contribution in [0.1, 0.15) is 88.6 Å². The van der Waals surface area contributed by atoms with Crippen LogP contribution in [-0.4, -0.2) is 75.1 Å². The van der Waals surface area contributed by atoms with E-state index in [-0.39, 0.29) is 48.2 Å². The first-order chi connectivity index (χ1) is 26.5. The highest BCUT2D eigenvalue weighted by atomic mass is 32.2. The first kappa shape index (κ1) is 40.7. The molecule has 13 nitrogen and oxygen atoms in total. The van der Waals surface area contributed by atoms with Crippen LogP contribution in [0, 0.1) is 19.3 Å². The Labute approximate surface area is 329 Å². The molecule has 1 aliphatic rings. The predicted molar refractivity (Wildman–Crippen MR) is 215 cm³/mol. The molecular weight excluding hydrogens is 731 g/mol. The largest absolute Gasteiger partial charge is 0.488 e. The van der Waals surface area contributed by atoms with Gasteiger partial charge in [0.05, 0.1) is 47.8 Å². The molecule has 14 heteroatoms. The molecule has 56 heavy (non-hydrogen) atoms. The molecule has 0 bridgehead atoms. The maximum Gasteiger partial charge on any atom is 0.316 e. The molecule has 1 amide bonds. The molecule has 3 heterocycles. The maximum absolute atomic E-state index is 14.5. The van der Waals surface area contributed by atoms with Crippen molar-refractivity contribution in [1.29, 1.82) is 0 Å². The molecule has 5 aromatic rings. The minimum atomic E-state index is -3.89. The van der Waals surface area contributed by atoms with E-state index in [1.807, 2.05) is 97.3 Å². The highest BCUT2D eigenvalue weighted by Crippen LogP contribution is 2.45. The number of fused-ring (bicyclic) bond motifs is 2. The minimum absolute atomic E-state index is 0.131. The number of benzene rings is 3. The average Bonchev–Trinajstić information content (AvgIpc) is 3.55. The Hall–Kier alpha value is -4.92. The summed E-state index contributed by atoms with van der Waals surface area (Å²) in [6, 6.07) is 17.1. The Balaban J connectivity index is 1.35. The van der Waals surface area contributed by atoms with Crippen molar-refractivity contribution in [2.75, 3.05) is 25.1 Å². The van der Waals surface area contributed by atoms with Gasteiger partial charge in [0.15, 0.2) is 0 Å². The van der Waals surface area contributed by atoms with Crippen molar-refractivity contribution in [2.45, 2.75) is 104 Å². The number of ether oxygens (including phenoxy) is 3. The Morgan fingerprint density at radius 1 is 1.00 bits per heavy atom. The summed E-state index contributed by atoms with van der Waals surface area (Å²) in [7, 11) is -3.89. The highest BCUT2D eigenvalue weighted by molar-refractivity contribution is 7.89. The van der Waals surface area contributed by atoms with Crippen LogP contribution < -0.4 is 14.8 Å². The van der Waals surface area contributed by atoms with E-state index >= 15 is 0 Å². The van der Waals surface area contributed by atoms with Crippen molar-refractivity contribution in [1.82, 2.24) is 29.3 Å². The van der Waals surface area contributed by atoms with Gasteiger partial charge in [-0.2, -0.15) is 4.31 Å². The number of anilines is 1. The minimum Gasteiger partial charge on any atom is -0.488 e. The monoisotopic (exact) mass is 783 g/mol. The molecule has 6 rings (SSSR count). The van der Waals surface area contributed by atoms with Crippen molar-refractivity contribution < 1.29 is 27.4 Å². The van der Waals surface area contributed by atoms with E-state index in [9.17, 15) is 13.2 Å². The summed E-state index contributed by atoms with van der Waals surface area (Å²) in [6.45, 7) is 19.4. The molecule has 298 valence electrons. The van der Waals surface area contributed by atoms with Gasteiger partial charge in [-0.05, 0) is 94.0 Å². The van der Waals surface area contributed by atoms with E-state index in [0.29, 0.717) is 31.0 Å². The van der Waals surface area contributed by atoms with Gasteiger partial charge in [-0.15, -0.1) is 5.10 Å². The summed E-state index contributed by atoms with van der Waals surface area (Å²) in [5.74, 6) is -0.381. The van der Waals surface area contributed by atoms with Gasteiger partial charge in [-0.1, -0.05) is 62.4 Å². The van der Waals surface area contributed by atoms with Crippen LogP contribution in [0.15, 0.2) is 71.9 Å². The molecular formula is C42H53N7O6S. The Kier molecular flexibility index (Phi) is 11.8. The number of aryl methyl sites for hydroxylation is 3. The fourth-order valence-corrected chi connectivity index (χ4v) is 8.68. The van der Waals surface area contributed by atoms with E-state index in [0.717, 1.165) is 38.9 Å². The Morgan fingerprint density at radius 3 is 2.43 bits per heavy atom. The van der Waals surface area contributed by atoms with Gasteiger partial charge in [0.25, 0.3) is 0 Å². The zero-order valence-corrected chi connectivity index (χ0v) is 34.6. The van der Waals surface area contributed by atoms with Crippen molar-refractivity contribution >= 4 is 32.7 Å². The van der Waals surface area contributed by atoms with Gasteiger partial charge in [0, 0.05) is 19.0 Å². The quantitative estimate of drug-likeness (QED) is 0.121. The summed E-state index contributed by atoms with van der Waals surface area (Å²) in [4.78, 5) is 23.2. The molecule has 2 aromatic heterocycles. The second kappa shape index (κ2) is 16.3. The van der Waals surface area contributed by atoms with E-state index in [2.05, 4.69) is 25.6 Å². The first-order valence-electron chi connectivity index (χ1n) is 19.1. The second-order valence-corrected chi connectivity index (χ2v) is 17.7. The van der Waals surface area contributed by atoms with Crippen LogP contribution in [0.25, 0.3) is 11.0 Å². The molecule has 0 fully saturated rings. The van der Waals surface area contributed by atoms with Gasteiger partial charge >= 0.3 is 6.01 Å². The van der Waals surface area contributed by atoms with Crippen LogP contribution in [-0.2, 0) is 32.6 Å². The highest BCUT2D eigenvalue weighted by Gasteiger charge is 2.41. The smallest absolute Gasteiger partial charge is 0.316 e. The fourth-order valence-electron chi connectivity index (χ4n) is 7.11. The Morgan fingerprint density at radius 2 is 1.73 bits per heavy atom. The summed E-state index contributed by atoms with van der Waals surface area (Å²) in [5, 5.41) is 11.9. The molecule has 0 aliphatic carbocycles. The zero-order chi connectivity index (χ0) is 40.4. The SMILES string of the molecule is CC[C@@H]1CN(Cc2cc([C@@H](c3ccc4c(nnn4CC)c3C)C(C)(C)C(=O)Nc3cnc(OCCOC(C)(C)C)nc3)ccc2C)S(=O)(=O)c2ccccc2O1. The number of sulfonamides is 1. The number of hydrogen-bond acceptors (Lipinski definition) is 10. The summed E-state index contributed by atoms with van der Waals surface area (Å²) in [6.07, 6.45) is 3.37. The van der Waals surface area contributed by atoms with Crippen LogP contribution in [0.3, 0.4) is 0 Å². The average molecular weight is 784 g/mol. The lowest BCUT2D eigenvalue weighted by molar-refractivity contribution is -0.124. The number of hydrogen-bond donors (Lipinski definition) is 1. The lowest BCUT2D eigenvalue weighted by atomic mass is 9.69. The number of para-hydroxylation sites is 1. The van der Waals surface area contributed by atoms with E-state index < -0.39 is 21.4 Å². The molecule has 0 spiro atoms. The molecule has 3 aromatic carbocycles. The lowest BCUT2D eigenvalue weighted by Crippen LogP contribution is -2.38. The molecule has 0 radical (unpaired) electrons. The van der Waals surface area contributed by atoms with Crippen molar-refractivity contribution in [3.63, 3.8) is 0 Å². The van der Waals surface area contributed by atoms with Gasteiger partial charge in [-0.25, -0.2) is 23.1 Å². The summed E-state index contributed by atoms with van der Waals surface area (Å²) < 4.78 is 49.2. The maximum atomic E-state index is 14.5. The van der Waals surface area contributed by atoms with E-state index in [1.54, 1.807) is 24.3 Å². The van der Waals surface area contributed by atoms with Crippen molar-refractivity contribution in [3.8, 4) is 11.8 Å². The number of nitrogens with one attached hydrogen (secondary N) is 1. The number of rotatable bonds is 13. The molecule has 0 saturated carbocycles. The third-order valence-electron chi connectivity index (χ3n) is 10.3.